The summed E-state index contributed by atoms with van der Waals surface area (Å²) in [5.74, 6) is 0.922. The van der Waals surface area contributed by atoms with Crippen LogP contribution in [0.5, 0.6) is 0 Å². The lowest BCUT2D eigenvalue weighted by Crippen LogP contribution is -2.38. The van der Waals surface area contributed by atoms with E-state index in [9.17, 15) is 0 Å². The van der Waals surface area contributed by atoms with Crippen molar-refractivity contribution in [1.82, 2.24) is 20.2 Å². The molecule has 2 heterocycles. The van der Waals surface area contributed by atoms with Crippen LogP contribution in [0, 0.1) is 6.92 Å². The van der Waals surface area contributed by atoms with Crippen molar-refractivity contribution in [2.45, 2.75) is 40.2 Å². The molecule has 0 saturated carbocycles. The van der Waals surface area contributed by atoms with Gasteiger partial charge >= 0.3 is 0 Å². The summed E-state index contributed by atoms with van der Waals surface area (Å²) < 4.78 is 0. The normalized spacial score (nSPS) is 11.7. The first-order valence-electron chi connectivity index (χ1n) is 7.96. The molecule has 2 aromatic heterocycles. The average Bonchev–Trinajstić information content (AvgIpc) is 3.15. The Morgan fingerprint density at radius 3 is 2.83 bits per heavy atom. The second kappa shape index (κ2) is 8.98. The third-order valence-electron chi connectivity index (χ3n) is 3.30. The Bertz CT molecular complexity index is 632. The summed E-state index contributed by atoms with van der Waals surface area (Å²) in [6, 6.07) is 0. The van der Waals surface area contributed by atoms with Gasteiger partial charge in [-0.25, -0.2) is 9.97 Å². The molecule has 2 aromatic rings. The quantitative estimate of drug-likeness (QED) is 0.615. The zero-order chi connectivity index (χ0) is 16.7. The number of nitrogens with one attached hydrogen (secondary N) is 1. The SMILES string of the molecule is CCNC(=NCCc1ncc(CC)s1)N(C)Cc1csc(C)n1. The molecule has 0 saturated heterocycles. The molecule has 0 amide bonds. The maximum atomic E-state index is 4.72. The smallest absolute Gasteiger partial charge is 0.194 e. The van der Waals surface area contributed by atoms with Crippen LogP contribution in [-0.2, 0) is 19.4 Å². The van der Waals surface area contributed by atoms with Crippen molar-refractivity contribution >= 4 is 28.6 Å². The van der Waals surface area contributed by atoms with E-state index in [1.807, 2.05) is 13.1 Å². The molecule has 0 atom stereocenters. The van der Waals surface area contributed by atoms with Gasteiger partial charge in [0, 0.05) is 43.0 Å². The van der Waals surface area contributed by atoms with Gasteiger partial charge in [-0.2, -0.15) is 0 Å². The van der Waals surface area contributed by atoms with E-state index in [0.29, 0.717) is 0 Å². The van der Waals surface area contributed by atoms with Gasteiger partial charge in [-0.1, -0.05) is 6.92 Å². The lowest BCUT2D eigenvalue weighted by Gasteiger charge is -2.21. The van der Waals surface area contributed by atoms with Crippen LogP contribution in [0.4, 0.5) is 0 Å². The molecule has 23 heavy (non-hydrogen) atoms. The number of aromatic nitrogens is 2. The van der Waals surface area contributed by atoms with Crippen LogP contribution in [0.1, 0.15) is 34.4 Å². The van der Waals surface area contributed by atoms with Crippen molar-refractivity contribution in [1.29, 1.82) is 0 Å². The van der Waals surface area contributed by atoms with E-state index in [-0.39, 0.29) is 0 Å². The Morgan fingerprint density at radius 1 is 1.39 bits per heavy atom. The van der Waals surface area contributed by atoms with Gasteiger partial charge in [0.2, 0.25) is 0 Å². The number of aliphatic imine (C=N–C) groups is 1. The van der Waals surface area contributed by atoms with E-state index in [2.05, 4.69) is 46.5 Å². The Labute approximate surface area is 146 Å². The highest BCUT2D eigenvalue weighted by atomic mass is 32.1. The molecular formula is C16H25N5S2. The average molecular weight is 352 g/mol. The van der Waals surface area contributed by atoms with Crippen LogP contribution in [0.25, 0.3) is 0 Å². The Hall–Kier alpha value is -1.47. The number of hydrogen-bond acceptors (Lipinski definition) is 5. The highest BCUT2D eigenvalue weighted by molar-refractivity contribution is 7.11. The number of hydrogen-bond donors (Lipinski definition) is 1. The zero-order valence-corrected chi connectivity index (χ0v) is 15.9. The first kappa shape index (κ1) is 17.9. The summed E-state index contributed by atoms with van der Waals surface area (Å²) in [6.07, 6.45) is 3.92. The van der Waals surface area contributed by atoms with Crippen molar-refractivity contribution in [3.8, 4) is 0 Å². The van der Waals surface area contributed by atoms with Gasteiger partial charge in [-0.15, -0.1) is 22.7 Å². The van der Waals surface area contributed by atoms with Gasteiger partial charge in [0.05, 0.1) is 22.3 Å². The highest BCUT2D eigenvalue weighted by Gasteiger charge is 2.08. The lowest BCUT2D eigenvalue weighted by atomic mass is 10.4. The van der Waals surface area contributed by atoms with Gasteiger partial charge < -0.3 is 10.2 Å². The lowest BCUT2D eigenvalue weighted by molar-refractivity contribution is 0.471. The van der Waals surface area contributed by atoms with E-state index in [0.717, 1.165) is 49.1 Å². The molecule has 0 aliphatic heterocycles. The van der Waals surface area contributed by atoms with Crippen molar-refractivity contribution in [2.75, 3.05) is 20.1 Å². The minimum atomic E-state index is 0.749. The summed E-state index contributed by atoms with van der Waals surface area (Å²) >= 11 is 3.47. The Morgan fingerprint density at radius 2 is 2.22 bits per heavy atom. The fraction of sp³-hybridized carbons (Fsp3) is 0.562. The van der Waals surface area contributed by atoms with Crippen LogP contribution >= 0.6 is 22.7 Å². The summed E-state index contributed by atoms with van der Waals surface area (Å²) in [5.41, 5.74) is 1.09. The number of rotatable bonds is 7. The van der Waals surface area contributed by atoms with Crippen molar-refractivity contribution in [3.05, 3.63) is 32.2 Å². The first-order chi connectivity index (χ1) is 11.1. The maximum Gasteiger partial charge on any atom is 0.194 e. The standard InChI is InChI=1S/C16H25N5S2/c1-5-14-9-19-15(23-14)7-8-18-16(17-6-2)21(4)10-13-11-22-12(3)20-13/h9,11H,5-8,10H2,1-4H3,(H,17,18). The number of nitrogens with zero attached hydrogens (tertiary/aromatic N) is 4. The molecule has 0 aliphatic carbocycles. The van der Waals surface area contributed by atoms with Crippen LogP contribution in [0.3, 0.4) is 0 Å². The third kappa shape index (κ3) is 5.58. The molecule has 2 rings (SSSR count). The second-order valence-corrected chi connectivity index (χ2v) is 7.54. The first-order valence-corrected chi connectivity index (χ1v) is 9.66. The Balaban J connectivity index is 1.92. The highest BCUT2D eigenvalue weighted by Crippen LogP contribution is 2.14. The largest absolute Gasteiger partial charge is 0.357 e. The topological polar surface area (TPSA) is 53.4 Å². The molecule has 0 unspecified atom stereocenters. The number of aryl methyl sites for hydroxylation is 2. The summed E-state index contributed by atoms with van der Waals surface area (Å²) in [7, 11) is 2.05. The predicted octanol–water partition coefficient (Wildman–Crippen LogP) is 3.11. The predicted molar refractivity (Wildman–Crippen MR) is 99.5 cm³/mol. The van der Waals surface area contributed by atoms with Crippen LogP contribution in [0.15, 0.2) is 16.6 Å². The van der Waals surface area contributed by atoms with Crippen molar-refractivity contribution in [3.63, 3.8) is 0 Å². The molecule has 0 aromatic carbocycles. The molecule has 1 N–H and O–H groups in total. The summed E-state index contributed by atoms with van der Waals surface area (Å²) in [5, 5.41) is 7.72. The number of guanidine groups is 1. The molecule has 5 nitrogen and oxygen atoms in total. The molecule has 0 bridgehead atoms. The van der Waals surface area contributed by atoms with Crippen LogP contribution in [0.2, 0.25) is 0 Å². The summed E-state index contributed by atoms with van der Waals surface area (Å²) in [6.45, 7) is 8.66. The van der Waals surface area contributed by atoms with Crippen molar-refractivity contribution in [2.24, 2.45) is 4.99 Å². The van der Waals surface area contributed by atoms with Gasteiger partial charge in [-0.3, -0.25) is 4.99 Å². The van der Waals surface area contributed by atoms with Crippen LogP contribution < -0.4 is 5.32 Å². The number of thiazole rings is 2. The molecule has 126 valence electrons. The van der Waals surface area contributed by atoms with Gasteiger partial charge in [-0.05, 0) is 20.3 Å². The van der Waals surface area contributed by atoms with E-state index in [1.54, 1.807) is 22.7 Å². The van der Waals surface area contributed by atoms with E-state index in [4.69, 9.17) is 4.99 Å². The van der Waals surface area contributed by atoms with Crippen molar-refractivity contribution < 1.29 is 0 Å². The minimum absolute atomic E-state index is 0.749. The zero-order valence-electron chi connectivity index (χ0n) is 14.3. The van der Waals surface area contributed by atoms with E-state index in [1.165, 1.54) is 9.88 Å². The van der Waals surface area contributed by atoms with Gasteiger partial charge in [0.15, 0.2) is 5.96 Å². The fourth-order valence-corrected chi connectivity index (χ4v) is 3.61. The monoisotopic (exact) mass is 351 g/mol. The Kier molecular flexibility index (Phi) is 6.98. The molecule has 0 aliphatic rings. The molecule has 0 fully saturated rings. The van der Waals surface area contributed by atoms with Crippen LogP contribution in [-0.4, -0.2) is 41.0 Å². The molecule has 7 heteroatoms. The van der Waals surface area contributed by atoms with E-state index < -0.39 is 0 Å². The molecule has 0 spiro atoms. The molecular weight excluding hydrogens is 326 g/mol. The third-order valence-corrected chi connectivity index (χ3v) is 5.32. The second-order valence-electron chi connectivity index (χ2n) is 5.27. The minimum Gasteiger partial charge on any atom is -0.357 e. The van der Waals surface area contributed by atoms with Gasteiger partial charge in [0.1, 0.15) is 0 Å². The molecule has 0 radical (unpaired) electrons. The summed E-state index contributed by atoms with van der Waals surface area (Å²) in [4.78, 5) is 17.2. The maximum absolute atomic E-state index is 4.72. The van der Waals surface area contributed by atoms with E-state index >= 15 is 0 Å². The fourth-order valence-electron chi connectivity index (χ4n) is 2.15. The van der Waals surface area contributed by atoms with Gasteiger partial charge in [0.25, 0.3) is 0 Å².